The molecule has 0 radical (unpaired) electrons. The summed E-state index contributed by atoms with van der Waals surface area (Å²) in [7, 11) is 0. The minimum Gasteiger partial charge on any atom is -0.441 e. The van der Waals surface area contributed by atoms with Gasteiger partial charge in [-0.25, -0.2) is 4.98 Å². The second kappa shape index (κ2) is 11.3. The third kappa shape index (κ3) is 5.90. The molecule has 5 nitrogen and oxygen atoms in total. The number of halogens is 1. The molecule has 192 valence electrons. The van der Waals surface area contributed by atoms with Crippen molar-refractivity contribution in [3.8, 4) is 11.5 Å². The zero-order chi connectivity index (χ0) is 25.1. The van der Waals surface area contributed by atoms with Gasteiger partial charge in [0.2, 0.25) is 5.89 Å². The van der Waals surface area contributed by atoms with Gasteiger partial charge in [0.15, 0.2) is 0 Å². The molecule has 2 fully saturated rings. The minimum absolute atomic E-state index is 0.482. The lowest BCUT2D eigenvalue weighted by Crippen LogP contribution is -2.53. The average molecular weight is 507 g/mol. The fourth-order valence-electron chi connectivity index (χ4n) is 5.61. The van der Waals surface area contributed by atoms with Crippen LogP contribution >= 0.6 is 11.6 Å². The molecule has 2 aliphatic heterocycles. The smallest absolute Gasteiger partial charge is 0.226 e. The minimum atomic E-state index is 0.482. The van der Waals surface area contributed by atoms with Gasteiger partial charge in [-0.1, -0.05) is 25.4 Å². The van der Waals surface area contributed by atoms with E-state index < -0.39 is 0 Å². The van der Waals surface area contributed by atoms with Gasteiger partial charge >= 0.3 is 0 Å². The van der Waals surface area contributed by atoms with E-state index in [0.717, 1.165) is 48.2 Å². The fourth-order valence-corrected chi connectivity index (χ4v) is 5.74. The molecule has 0 saturated carbocycles. The zero-order valence-electron chi connectivity index (χ0n) is 21.9. The molecule has 36 heavy (non-hydrogen) atoms. The molecule has 1 unspecified atom stereocenters. The highest BCUT2D eigenvalue weighted by Gasteiger charge is 2.29. The maximum Gasteiger partial charge on any atom is 0.226 e. The summed E-state index contributed by atoms with van der Waals surface area (Å²) in [5, 5.41) is 0.720. The lowest BCUT2D eigenvalue weighted by atomic mass is 9.99. The number of piperazine rings is 1. The maximum absolute atomic E-state index is 6.06. The van der Waals surface area contributed by atoms with Crippen LogP contribution in [0.3, 0.4) is 0 Å². The van der Waals surface area contributed by atoms with Gasteiger partial charge in [0.05, 0.1) is 5.69 Å². The monoisotopic (exact) mass is 506 g/mol. The molecule has 6 heteroatoms. The molecular formula is C30H39ClN4O. The van der Waals surface area contributed by atoms with Crippen LogP contribution in [0, 0.1) is 12.8 Å². The number of piperidine rings is 1. The van der Waals surface area contributed by atoms with E-state index in [1.807, 2.05) is 31.2 Å². The Morgan fingerprint density at radius 2 is 1.56 bits per heavy atom. The first-order chi connectivity index (χ1) is 17.5. The SMILES string of the molecule is Cc1oc(-c2ccc(Cl)cc2)nc1CN1CCN(c2ccc(N3CCCCC3)cc2)CC1CC(C)C. The Morgan fingerprint density at radius 1 is 0.889 bits per heavy atom. The number of aromatic nitrogens is 1. The number of nitrogens with zero attached hydrogens (tertiary/aromatic N) is 4. The van der Waals surface area contributed by atoms with Crippen LogP contribution < -0.4 is 9.80 Å². The molecule has 0 aliphatic carbocycles. The van der Waals surface area contributed by atoms with Gasteiger partial charge in [-0.2, -0.15) is 0 Å². The van der Waals surface area contributed by atoms with Crippen LogP contribution in [0.1, 0.15) is 51.0 Å². The highest BCUT2D eigenvalue weighted by Crippen LogP contribution is 2.29. The molecular weight excluding hydrogens is 468 g/mol. The fraction of sp³-hybridized carbons (Fsp3) is 0.500. The predicted molar refractivity (Wildman–Crippen MR) is 150 cm³/mol. The molecule has 1 atom stereocenters. The molecule has 3 aromatic rings. The van der Waals surface area contributed by atoms with Crippen LogP contribution in [0.2, 0.25) is 5.02 Å². The van der Waals surface area contributed by atoms with Crippen molar-refractivity contribution in [3.63, 3.8) is 0 Å². The average Bonchev–Trinajstić information content (AvgIpc) is 3.25. The van der Waals surface area contributed by atoms with Crippen molar-refractivity contribution in [3.05, 3.63) is 65.0 Å². The van der Waals surface area contributed by atoms with Gasteiger partial charge in [-0.05, 0) is 87.1 Å². The molecule has 1 aromatic heterocycles. The Labute approximate surface area is 221 Å². The van der Waals surface area contributed by atoms with Crippen LogP contribution in [0.25, 0.3) is 11.5 Å². The number of oxazole rings is 1. The first-order valence-electron chi connectivity index (χ1n) is 13.5. The van der Waals surface area contributed by atoms with Crippen molar-refractivity contribution in [1.29, 1.82) is 0 Å². The van der Waals surface area contributed by atoms with E-state index in [0.29, 0.717) is 17.9 Å². The molecule has 2 saturated heterocycles. The van der Waals surface area contributed by atoms with Gasteiger partial charge in [0.25, 0.3) is 0 Å². The van der Waals surface area contributed by atoms with Crippen molar-refractivity contribution in [1.82, 2.24) is 9.88 Å². The molecule has 0 amide bonds. The van der Waals surface area contributed by atoms with E-state index in [-0.39, 0.29) is 0 Å². The summed E-state index contributed by atoms with van der Waals surface area (Å²) in [6, 6.07) is 17.5. The van der Waals surface area contributed by atoms with Crippen molar-refractivity contribution in [2.75, 3.05) is 42.5 Å². The van der Waals surface area contributed by atoms with Gasteiger partial charge < -0.3 is 14.2 Å². The number of rotatable bonds is 7. The Kier molecular flexibility index (Phi) is 7.87. The number of anilines is 2. The molecule has 0 N–H and O–H groups in total. The quantitative estimate of drug-likeness (QED) is 0.343. The summed E-state index contributed by atoms with van der Waals surface area (Å²) in [5.41, 5.74) is 4.71. The third-order valence-electron chi connectivity index (χ3n) is 7.62. The number of aryl methyl sites for hydroxylation is 1. The van der Waals surface area contributed by atoms with Crippen LogP contribution in [0.15, 0.2) is 52.9 Å². The van der Waals surface area contributed by atoms with E-state index in [2.05, 4.69) is 52.8 Å². The molecule has 5 rings (SSSR count). The van der Waals surface area contributed by atoms with Crippen molar-refractivity contribution >= 4 is 23.0 Å². The van der Waals surface area contributed by atoms with Crippen molar-refractivity contribution in [2.45, 2.75) is 59.0 Å². The lowest BCUT2D eigenvalue weighted by molar-refractivity contribution is 0.146. The van der Waals surface area contributed by atoms with Crippen LogP contribution in [-0.4, -0.2) is 48.6 Å². The molecule has 2 aliphatic rings. The van der Waals surface area contributed by atoms with Crippen molar-refractivity contribution < 1.29 is 4.42 Å². The summed E-state index contributed by atoms with van der Waals surface area (Å²) in [4.78, 5) is 12.6. The Balaban J connectivity index is 1.27. The normalized spacial score (nSPS) is 19.3. The Bertz CT molecular complexity index is 1120. The third-order valence-corrected chi connectivity index (χ3v) is 7.87. The predicted octanol–water partition coefficient (Wildman–Crippen LogP) is 7.03. The van der Waals surface area contributed by atoms with E-state index in [1.54, 1.807) is 0 Å². The number of benzene rings is 2. The summed E-state index contributed by atoms with van der Waals surface area (Å²) in [6.07, 6.45) is 5.16. The van der Waals surface area contributed by atoms with Crippen LogP contribution in [-0.2, 0) is 6.54 Å². The molecule has 0 bridgehead atoms. The van der Waals surface area contributed by atoms with Crippen molar-refractivity contribution in [2.24, 2.45) is 5.92 Å². The molecule has 2 aromatic carbocycles. The molecule has 0 spiro atoms. The number of hydrogen-bond donors (Lipinski definition) is 0. The lowest BCUT2D eigenvalue weighted by Gasteiger charge is -2.43. The van der Waals surface area contributed by atoms with Gasteiger partial charge in [0, 0.05) is 67.3 Å². The highest BCUT2D eigenvalue weighted by atomic mass is 35.5. The van der Waals surface area contributed by atoms with E-state index >= 15 is 0 Å². The molecule has 3 heterocycles. The summed E-state index contributed by atoms with van der Waals surface area (Å²) in [5.74, 6) is 2.22. The van der Waals surface area contributed by atoms with Gasteiger partial charge in [-0.15, -0.1) is 0 Å². The second-order valence-electron chi connectivity index (χ2n) is 10.8. The van der Waals surface area contributed by atoms with Crippen LogP contribution in [0.5, 0.6) is 0 Å². The first kappa shape index (κ1) is 25.2. The Hall–Kier alpha value is -2.50. The second-order valence-corrected chi connectivity index (χ2v) is 11.2. The van der Waals surface area contributed by atoms with E-state index in [1.165, 1.54) is 50.1 Å². The summed E-state index contributed by atoms with van der Waals surface area (Å²) in [6.45, 7) is 13.0. The Morgan fingerprint density at radius 3 is 2.22 bits per heavy atom. The van der Waals surface area contributed by atoms with Gasteiger partial charge in [-0.3, -0.25) is 4.90 Å². The number of hydrogen-bond acceptors (Lipinski definition) is 5. The highest BCUT2D eigenvalue weighted by molar-refractivity contribution is 6.30. The summed E-state index contributed by atoms with van der Waals surface area (Å²) >= 11 is 6.06. The van der Waals surface area contributed by atoms with E-state index in [9.17, 15) is 0 Å². The zero-order valence-corrected chi connectivity index (χ0v) is 22.7. The maximum atomic E-state index is 6.06. The van der Waals surface area contributed by atoms with Crippen LogP contribution in [0.4, 0.5) is 11.4 Å². The van der Waals surface area contributed by atoms with E-state index in [4.69, 9.17) is 21.0 Å². The summed E-state index contributed by atoms with van der Waals surface area (Å²) < 4.78 is 6.05. The van der Waals surface area contributed by atoms with Gasteiger partial charge in [0.1, 0.15) is 5.76 Å². The largest absolute Gasteiger partial charge is 0.441 e. The standard InChI is InChI=1S/C30H39ClN4O/c1-22(2)19-28-20-34(27-13-11-26(12-14-27)33-15-5-4-6-16-33)17-18-35(28)21-29-23(3)36-30(32-29)24-7-9-25(31)10-8-24/h7-14,22,28H,4-6,15-21H2,1-3H3. The topological polar surface area (TPSA) is 35.8 Å². The first-order valence-corrected chi connectivity index (χ1v) is 13.9.